The van der Waals surface area contributed by atoms with Crippen LogP contribution in [0.5, 0.6) is 0 Å². The van der Waals surface area contributed by atoms with E-state index in [9.17, 15) is 4.79 Å². The summed E-state index contributed by atoms with van der Waals surface area (Å²) in [6, 6.07) is 11.9. The molecule has 1 atom stereocenters. The lowest BCUT2D eigenvalue weighted by Crippen LogP contribution is -2.42. The van der Waals surface area contributed by atoms with Gasteiger partial charge in [-0.05, 0) is 63.4 Å². The Labute approximate surface area is 178 Å². The number of hydrazone groups is 1. The summed E-state index contributed by atoms with van der Waals surface area (Å²) in [4.78, 5) is 15.5. The SMILES string of the molecule is CCOCC1CCN(CC(=O)N2N=C(c3ccc(C)cc3)CC2c2ccco2)CC1. The molecule has 160 valence electrons. The van der Waals surface area contributed by atoms with Crippen LogP contribution in [-0.2, 0) is 9.53 Å². The highest BCUT2D eigenvalue weighted by Gasteiger charge is 2.35. The van der Waals surface area contributed by atoms with Crippen molar-refractivity contribution in [3.63, 3.8) is 0 Å². The third-order valence-corrected chi connectivity index (χ3v) is 6.05. The number of piperidine rings is 1. The minimum atomic E-state index is -0.181. The van der Waals surface area contributed by atoms with Gasteiger partial charge in [-0.1, -0.05) is 29.8 Å². The van der Waals surface area contributed by atoms with Crippen molar-refractivity contribution in [1.29, 1.82) is 0 Å². The van der Waals surface area contributed by atoms with Crippen LogP contribution in [0.25, 0.3) is 0 Å². The number of hydrogen-bond donors (Lipinski definition) is 0. The van der Waals surface area contributed by atoms with Crippen molar-refractivity contribution >= 4 is 11.6 Å². The molecular formula is C24H31N3O3. The summed E-state index contributed by atoms with van der Waals surface area (Å²) in [5.41, 5.74) is 3.20. The average molecular weight is 410 g/mol. The smallest absolute Gasteiger partial charge is 0.257 e. The van der Waals surface area contributed by atoms with E-state index in [1.165, 1.54) is 5.56 Å². The van der Waals surface area contributed by atoms with Gasteiger partial charge in [0.2, 0.25) is 0 Å². The van der Waals surface area contributed by atoms with Gasteiger partial charge in [-0.2, -0.15) is 5.10 Å². The zero-order chi connectivity index (χ0) is 20.9. The molecule has 4 rings (SSSR count). The second-order valence-corrected chi connectivity index (χ2v) is 8.27. The van der Waals surface area contributed by atoms with E-state index in [0.29, 0.717) is 18.9 Å². The maximum Gasteiger partial charge on any atom is 0.257 e. The van der Waals surface area contributed by atoms with Crippen LogP contribution in [0.4, 0.5) is 0 Å². The molecule has 1 amide bonds. The molecule has 1 aromatic carbocycles. The van der Waals surface area contributed by atoms with Gasteiger partial charge in [0, 0.05) is 19.6 Å². The Kier molecular flexibility index (Phi) is 6.65. The van der Waals surface area contributed by atoms with Crippen molar-refractivity contribution in [2.45, 2.75) is 39.2 Å². The van der Waals surface area contributed by atoms with Crippen LogP contribution in [0.2, 0.25) is 0 Å². The number of carbonyl (C=O) groups is 1. The van der Waals surface area contributed by atoms with Gasteiger partial charge in [0.15, 0.2) is 0 Å². The second kappa shape index (κ2) is 9.58. The van der Waals surface area contributed by atoms with Crippen molar-refractivity contribution in [1.82, 2.24) is 9.91 Å². The molecule has 1 fully saturated rings. The van der Waals surface area contributed by atoms with Crippen molar-refractivity contribution in [3.8, 4) is 0 Å². The predicted molar refractivity (Wildman–Crippen MR) is 116 cm³/mol. The second-order valence-electron chi connectivity index (χ2n) is 8.27. The lowest BCUT2D eigenvalue weighted by molar-refractivity contribution is -0.135. The van der Waals surface area contributed by atoms with E-state index in [1.54, 1.807) is 11.3 Å². The number of likely N-dealkylation sites (tertiary alicyclic amines) is 1. The summed E-state index contributed by atoms with van der Waals surface area (Å²) in [5, 5.41) is 6.38. The molecule has 0 N–H and O–H groups in total. The van der Waals surface area contributed by atoms with E-state index in [2.05, 4.69) is 36.1 Å². The Bertz CT molecular complexity index is 852. The third-order valence-electron chi connectivity index (χ3n) is 6.05. The summed E-state index contributed by atoms with van der Waals surface area (Å²) < 4.78 is 11.2. The zero-order valence-corrected chi connectivity index (χ0v) is 17.9. The van der Waals surface area contributed by atoms with Crippen molar-refractivity contribution < 1.29 is 13.9 Å². The quantitative estimate of drug-likeness (QED) is 0.693. The van der Waals surface area contributed by atoms with Gasteiger partial charge in [0.05, 0.1) is 18.5 Å². The summed E-state index contributed by atoms with van der Waals surface area (Å²) >= 11 is 0. The number of hydrogen-bond acceptors (Lipinski definition) is 5. The van der Waals surface area contributed by atoms with E-state index >= 15 is 0 Å². The minimum absolute atomic E-state index is 0.0294. The Hall–Kier alpha value is -2.44. The Morgan fingerprint density at radius 1 is 1.20 bits per heavy atom. The average Bonchev–Trinajstić information content (AvgIpc) is 3.44. The first-order valence-electron chi connectivity index (χ1n) is 10.9. The molecule has 0 saturated carbocycles. The zero-order valence-electron chi connectivity index (χ0n) is 17.9. The van der Waals surface area contributed by atoms with E-state index in [0.717, 1.165) is 56.2 Å². The Morgan fingerprint density at radius 2 is 1.97 bits per heavy atom. The molecule has 2 aromatic rings. The number of furan rings is 1. The van der Waals surface area contributed by atoms with Gasteiger partial charge >= 0.3 is 0 Å². The third kappa shape index (κ3) is 4.82. The van der Waals surface area contributed by atoms with Crippen LogP contribution < -0.4 is 0 Å². The first-order valence-corrected chi connectivity index (χ1v) is 10.9. The molecule has 30 heavy (non-hydrogen) atoms. The van der Waals surface area contributed by atoms with Crippen LogP contribution in [0, 0.1) is 12.8 Å². The van der Waals surface area contributed by atoms with Crippen LogP contribution in [-0.4, -0.2) is 54.4 Å². The summed E-state index contributed by atoms with van der Waals surface area (Å²) in [6.07, 6.45) is 4.48. The standard InChI is InChI=1S/C24H31N3O3/c1-3-29-17-19-10-12-26(13-11-19)16-24(28)27-22(23-5-4-14-30-23)15-21(25-27)20-8-6-18(2)7-9-20/h4-9,14,19,22H,3,10-13,15-17H2,1-2H3. The fraction of sp³-hybridized carbons (Fsp3) is 0.500. The van der Waals surface area contributed by atoms with E-state index in [1.807, 2.05) is 19.1 Å². The topological polar surface area (TPSA) is 58.3 Å². The fourth-order valence-corrected chi connectivity index (χ4v) is 4.22. The number of carbonyl (C=O) groups excluding carboxylic acids is 1. The molecule has 6 nitrogen and oxygen atoms in total. The van der Waals surface area contributed by atoms with Gasteiger partial charge in [-0.3, -0.25) is 9.69 Å². The molecule has 1 aromatic heterocycles. The lowest BCUT2D eigenvalue weighted by atomic mass is 9.98. The summed E-state index contributed by atoms with van der Waals surface area (Å²) in [7, 11) is 0. The largest absolute Gasteiger partial charge is 0.467 e. The van der Waals surface area contributed by atoms with E-state index in [4.69, 9.17) is 14.3 Å². The minimum Gasteiger partial charge on any atom is -0.467 e. The number of aryl methyl sites for hydroxylation is 1. The fourth-order valence-electron chi connectivity index (χ4n) is 4.22. The molecule has 1 saturated heterocycles. The molecule has 6 heteroatoms. The van der Waals surface area contributed by atoms with E-state index in [-0.39, 0.29) is 11.9 Å². The van der Waals surface area contributed by atoms with Gasteiger partial charge in [-0.25, -0.2) is 5.01 Å². The molecule has 2 aliphatic heterocycles. The van der Waals surface area contributed by atoms with Gasteiger partial charge in [0.1, 0.15) is 11.8 Å². The van der Waals surface area contributed by atoms with E-state index < -0.39 is 0 Å². The highest BCUT2D eigenvalue weighted by molar-refractivity contribution is 6.03. The number of amides is 1. The number of benzene rings is 1. The van der Waals surface area contributed by atoms with Crippen LogP contribution in [0.1, 0.15) is 49.1 Å². The van der Waals surface area contributed by atoms with Gasteiger partial charge in [0.25, 0.3) is 5.91 Å². The van der Waals surface area contributed by atoms with Crippen LogP contribution >= 0.6 is 0 Å². The molecular weight excluding hydrogens is 378 g/mol. The van der Waals surface area contributed by atoms with Crippen molar-refractivity contribution in [3.05, 3.63) is 59.5 Å². The molecule has 2 aliphatic rings. The summed E-state index contributed by atoms with van der Waals surface area (Å²) in [6.45, 7) is 7.94. The molecule has 0 radical (unpaired) electrons. The lowest BCUT2D eigenvalue weighted by Gasteiger charge is -2.32. The molecule has 0 bridgehead atoms. The normalized spacial score (nSPS) is 20.5. The summed E-state index contributed by atoms with van der Waals surface area (Å²) in [5.74, 6) is 1.41. The van der Waals surface area contributed by atoms with Crippen LogP contribution in [0.3, 0.4) is 0 Å². The molecule has 0 aliphatic carbocycles. The predicted octanol–water partition coefficient (Wildman–Crippen LogP) is 4.01. The molecule has 0 spiro atoms. The number of rotatable bonds is 7. The molecule has 1 unspecified atom stereocenters. The van der Waals surface area contributed by atoms with Gasteiger partial charge in [-0.15, -0.1) is 0 Å². The first-order chi connectivity index (χ1) is 14.6. The highest BCUT2D eigenvalue weighted by atomic mass is 16.5. The van der Waals surface area contributed by atoms with Gasteiger partial charge < -0.3 is 9.15 Å². The Morgan fingerprint density at radius 3 is 2.63 bits per heavy atom. The maximum absolute atomic E-state index is 13.2. The highest BCUT2D eigenvalue weighted by Crippen LogP contribution is 2.33. The molecule has 3 heterocycles. The monoisotopic (exact) mass is 409 g/mol. The first kappa shape index (κ1) is 20.8. The maximum atomic E-state index is 13.2. The van der Waals surface area contributed by atoms with Crippen molar-refractivity contribution in [2.24, 2.45) is 11.0 Å². The number of nitrogens with zero attached hydrogens (tertiary/aromatic N) is 3. The number of ether oxygens (including phenoxy) is 1. The van der Waals surface area contributed by atoms with Crippen molar-refractivity contribution in [2.75, 3.05) is 32.8 Å². The Balaban J connectivity index is 1.44. The van der Waals surface area contributed by atoms with Crippen LogP contribution in [0.15, 0.2) is 52.2 Å².